The first-order valence-electron chi connectivity index (χ1n) is 5.22. The average Bonchev–Trinajstić information content (AvgIpc) is 2.41. The van der Waals surface area contributed by atoms with E-state index in [1.54, 1.807) is 0 Å². The Bertz CT molecular complexity index is 649. The number of non-ortho nitro benzene ring substituents is 1. The third kappa shape index (κ3) is 2.54. The highest BCUT2D eigenvalue weighted by atomic mass is 35.5. The molecule has 2 rings (SSSR count). The molecule has 7 heteroatoms. The van der Waals surface area contributed by atoms with Gasteiger partial charge in [0.15, 0.2) is 5.82 Å². The Kier molecular flexibility index (Phi) is 3.73. The van der Waals surface area contributed by atoms with Crippen molar-refractivity contribution >= 4 is 17.3 Å². The number of aromatic nitrogens is 1. The molecule has 1 aromatic carbocycles. The number of aliphatic hydroxyl groups excluding tert-OH is 1. The summed E-state index contributed by atoms with van der Waals surface area (Å²) in [7, 11) is 0. The van der Waals surface area contributed by atoms with E-state index in [1.165, 1.54) is 24.4 Å². The van der Waals surface area contributed by atoms with E-state index in [1.807, 2.05) is 0 Å². The second-order valence-electron chi connectivity index (χ2n) is 3.74. The van der Waals surface area contributed by atoms with E-state index in [0.717, 1.165) is 6.20 Å². The summed E-state index contributed by atoms with van der Waals surface area (Å²) in [6, 6.07) is 3.89. The summed E-state index contributed by atoms with van der Waals surface area (Å²) in [5, 5.41) is 19.8. The molecule has 5 nitrogen and oxygen atoms in total. The lowest BCUT2D eigenvalue weighted by Gasteiger charge is -2.09. The molecule has 0 bridgehead atoms. The summed E-state index contributed by atoms with van der Waals surface area (Å²) in [5.41, 5.74) is 0.808. The second kappa shape index (κ2) is 5.29. The number of nitro groups is 1. The van der Waals surface area contributed by atoms with Crippen LogP contribution in [0.2, 0.25) is 5.02 Å². The number of hydrogen-bond donors (Lipinski definition) is 1. The van der Waals surface area contributed by atoms with E-state index in [0.29, 0.717) is 5.56 Å². The molecule has 0 saturated carbocycles. The fraction of sp³-hybridized carbons (Fsp3) is 0.0833. The normalized spacial score (nSPS) is 10.5. The van der Waals surface area contributed by atoms with Crippen LogP contribution < -0.4 is 0 Å². The molecular weight excluding hydrogens is 275 g/mol. The maximum absolute atomic E-state index is 13.3. The molecule has 1 heterocycles. The summed E-state index contributed by atoms with van der Waals surface area (Å²) in [4.78, 5) is 13.8. The van der Waals surface area contributed by atoms with Gasteiger partial charge in [-0.15, -0.1) is 0 Å². The number of rotatable bonds is 3. The Morgan fingerprint density at radius 1 is 1.37 bits per heavy atom. The number of nitrogens with zero attached hydrogens (tertiary/aromatic N) is 2. The van der Waals surface area contributed by atoms with E-state index >= 15 is 0 Å². The number of halogens is 2. The van der Waals surface area contributed by atoms with Crippen molar-refractivity contribution in [2.45, 2.75) is 6.61 Å². The fourth-order valence-electron chi connectivity index (χ4n) is 1.69. The molecule has 0 saturated heterocycles. The van der Waals surface area contributed by atoms with Crippen LogP contribution in [0.5, 0.6) is 0 Å². The van der Waals surface area contributed by atoms with Crippen LogP contribution in [0.3, 0.4) is 0 Å². The first-order valence-corrected chi connectivity index (χ1v) is 5.60. The van der Waals surface area contributed by atoms with Crippen molar-refractivity contribution in [3.63, 3.8) is 0 Å². The molecule has 1 N–H and O–H groups in total. The molecule has 0 aliphatic rings. The van der Waals surface area contributed by atoms with Gasteiger partial charge in [-0.1, -0.05) is 11.6 Å². The standard InChI is InChI=1S/C12H8ClFN2O3/c13-12-10(4-15-5-11(12)14)9-2-1-8(16(18)19)3-7(9)6-17/h1-5,17H,6H2. The molecule has 2 aromatic rings. The highest BCUT2D eigenvalue weighted by Gasteiger charge is 2.15. The highest BCUT2D eigenvalue weighted by Crippen LogP contribution is 2.33. The van der Waals surface area contributed by atoms with E-state index in [-0.39, 0.29) is 21.8 Å². The minimum absolute atomic E-state index is 0.140. The Balaban J connectivity index is 2.62. The molecule has 0 spiro atoms. The number of benzene rings is 1. The number of pyridine rings is 1. The number of hydrogen-bond acceptors (Lipinski definition) is 4. The lowest BCUT2D eigenvalue weighted by atomic mass is 10.0. The number of aliphatic hydroxyl groups is 1. The lowest BCUT2D eigenvalue weighted by Crippen LogP contribution is -1.95. The van der Waals surface area contributed by atoms with Crippen LogP contribution in [0, 0.1) is 15.9 Å². The highest BCUT2D eigenvalue weighted by molar-refractivity contribution is 6.33. The fourth-order valence-corrected chi connectivity index (χ4v) is 1.89. The number of nitro benzene ring substituents is 1. The summed E-state index contributed by atoms with van der Waals surface area (Å²) in [6.07, 6.45) is 2.31. The van der Waals surface area contributed by atoms with Crippen LogP contribution in [-0.2, 0) is 6.61 Å². The van der Waals surface area contributed by atoms with Crippen LogP contribution >= 0.6 is 11.6 Å². The summed E-state index contributed by atoms with van der Waals surface area (Å²) in [6.45, 7) is -0.427. The minimum atomic E-state index is -0.693. The van der Waals surface area contributed by atoms with Crippen LogP contribution in [0.15, 0.2) is 30.6 Å². The largest absolute Gasteiger partial charge is 0.392 e. The predicted molar refractivity (Wildman–Crippen MR) is 67.2 cm³/mol. The first-order chi connectivity index (χ1) is 9.04. The SMILES string of the molecule is O=[N+]([O-])c1ccc(-c2cncc(F)c2Cl)c(CO)c1. The molecule has 0 aliphatic heterocycles. The summed E-state index contributed by atoms with van der Waals surface area (Å²) < 4.78 is 13.3. The molecule has 0 amide bonds. The molecule has 0 fully saturated rings. The lowest BCUT2D eigenvalue weighted by molar-refractivity contribution is -0.384. The van der Waals surface area contributed by atoms with Crippen molar-refractivity contribution in [1.29, 1.82) is 0 Å². The van der Waals surface area contributed by atoms with Crippen molar-refractivity contribution in [3.8, 4) is 11.1 Å². The van der Waals surface area contributed by atoms with Gasteiger partial charge in [0.1, 0.15) is 0 Å². The van der Waals surface area contributed by atoms with Gasteiger partial charge in [0.25, 0.3) is 5.69 Å². The minimum Gasteiger partial charge on any atom is -0.392 e. The zero-order valence-corrected chi connectivity index (χ0v) is 10.3. The van der Waals surface area contributed by atoms with Crippen LogP contribution in [-0.4, -0.2) is 15.0 Å². The summed E-state index contributed by atoms with van der Waals surface area (Å²) in [5.74, 6) is -0.693. The van der Waals surface area contributed by atoms with Gasteiger partial charge in [-0.2, -0.15) is 0 Å². The Morgan fingerprint density at radius 2 is 2.11 bits per heavy atom. The van der Waals surface area contributed by atoms with Crippen molar-refractivity contribution in [2.75, 3.05) is 0 Å². The monoisotopic (exact) mass is 282 g/mol. The van der Waals surface area contributed by atoms with Crippen molar-refractivity contribution in [3.05, 3.63) is 57.1 Å². The third-order valence-corrected chi connectivity index (χ3v) is 2.98. The van der Waals surface area contributed by atoms with Gasteiger partial charge in [-0.25, -0.2) is 4.39 Å². The maximum atomic E-state index is 13.3. The molecule has 0 radical (unpaired) electrons. The molecule has 0 aliphatic carbocycles. The van der Waals surface area contributed by atoms with Gasteiger partial charge < -0.3 is 5.11 Å². The van der Waals surface area contributed by atoms with Crippen molar-refractivity contribution in [2.24, 2.45) is 0 Å². The second-order valence-corrected chi connectivity index (χ2v) is 4.12. The van der Waals surface area contributed by atoms with Crippen molar-refractivity contribution < 1.29 is 14.4 Å². The van der Waals surface area contributed by atoms with Crippen LogP contribution in [0.1, 0.15) is 5.56 Å². The first kappa shape index (κ1) is 13.4. The van der Waals surface area contributed by atoms with Gasteiger partial charge in [-0.3, -0.25) is 15.1 Å². The van der Waals surface area contributed by atoms with E-state index < -0.39 is 17.3 Å². The third-order valence-electron chi connectivity index (χ3n) is 2.60. The van der Waals surface area contributed by atoms with E-state index in [2.05, 4.69) is 4.98 Å². The van der Waals surface area contributed by atoms with Gasteiger partial charge in [-0.05, 0) is 17.2 Å². The maximum Gasteiger partial charge on any atom is 0.269 e. The Labute approximate surface area is 112 Å². The molecule has 19 heavy (non-hydrogen) atoms. The van der Waals surface area contributed by atoms with Crippen LogP contribution in [0.25, 0.3) is 11.1 Å². The molecule has 0 unspecified atom stereocenters. The van der Waals surface area contributed by atoms with Crippen LogP contribution in [0.4, 0.5) is 10.1 Å². The molecule has 98 valence electrons. The van der Waals surface area contributed by atoms with Gasteiger partial charge >= 0.3 is 0 Å². The van der Waals surface area contributed by atoms with Gasteiger partial charge in [0, 0.05) is 23.9 Å². The van der Waals surface area contributed by atoms with E-state index in [9.17, 15) is 19.6 Å². The van der Waals surface area contributed by atoms with Gasteiger partial charge in [0.2, 0.25) is 0 Å². The molecule has 0 atom stereocenters. The Hall–Kier alpha value is -2.05. The topological polar surface area (TPSA) is 76.3 Å². The van der Waals surface area contributed by atoms with Crippen molar-refractivity contribution in [1.82, 2.24) is 4.98 Å². The zero-order chi connectivity index (χ0) is 14.0. The molecule has 1 aromatic heterocycles. The average molecular weight is 283 g/mol. The quantitative estimate of drug-likeness (QED) is 0.693. The van der Waals surface area contributed by atoms with E-state index in [4.69, 9.17) is 11.6 Å². The smallest absolute Gasteiger partial charge is 0.269 e. The zero-order valence-electron chi connectivity index (χ0n) is 9.51. The Morgan fingerprint density at radius 3 is 2.74 bits per heavy atom. The predicted octanol–water partition coefficient (Wildman–Crippen LogP) is 2.94. The van der Waals surface area contributed by atoms with Gasteiger partial charge in [0.05, 0.1) is 22.7 Å². The molecular formula is C12H8ClFN2O3. The summed E-state index contributed by atoms with van der Waals surface area (Å²) >= 11 is 5.83.